The molecule has 0 saturated heterocycles. The van der Waals surface area contributed by atoms with Crippen LogP contribution in [0.3, 0.4) is 0 Å². The van der Waals surface area contributed by atoms with Crippen molar-refractivity contribution in [3.8, 4) is 0 Å². The van der Waals surface area contributed by atoms with E-state index in [0.29, 0.717) is 17.2 Å². The number of nitrogens with one attached hydrogen (secondary N) is 1. The van der Waals surface area contributed by atoms with E-state index in [0.717, 1.165) is 29.1 Å². The Hall–Kier alpha value is -3.38. The van der Waals surface area contributed by atoms with E-state index in [1.807, 2.05) is 19.9 Å². The van der Waals surface area contributed by atoms with E-state index < -0.39 is 32.8 Å². The maximum atomic E-state index is 13.5. The van der Waals surface area contributed by atoms with Crippen LogP contribution in [-0.2, 0) is 35.0 Å². The lowest BCUT2D eigenvalue weighted by Crippen LogP contribution is -2.51. The summed E-state index contributed by atoms with van der Waals surface area (Å²) >= 11 is 0. The summed E-state index contributed by atoms with van der Waals surface area (Å²) in [6, 6.07) is 2.97. The number of aryl methyl sites for hydroxylation is 3. The van der Waals surface area contributed by atoms with Gasteiger partial charge in [0.25, 0.3) is 0 Å². The van der Waals surface area contributed by atoms with Crippen LogP contribution in [0.1, 0.15) is 42.6 Å². The zero-order valence-electron chi connectivity index (χ0n) is 20.0. The molecule has 1 atom stereocenters. The van der Waals surface area contributed by atoms with Crippen molar-refractivity contribution < 1.29 is 27.1 Å². The number of hydrogen-bond acceptors (Lipinski definition) is 7. The van der Waals surface area contributed by atoms with Gasteiger partial charge in [-0.1, -0.05) is 11.2 Å². The third kappa shape index (κ3) is 4.39. The molecule has 5 rings (SSSR count). The minimum absolute atomic E-state index is 0.124. The first-order valence-corrected chi connectivity index (χ1v) is 12.9. The highest BCUT2D eigenvalue weighted by Gasteiger charge is 2.48. The molecule has 1 aliphatic heterocycles. The standard InChI is InChI=1S/C23H27N6O5S/c1-14-9-16(27(4)24-14)12-28-20-6-5-18(35(32,33)26-23(3)7-8-23)11-19(20)21(30)29(22(28)31)13-17-10-15(2)25-34-17/h5-6,9-11,18,26H,7-8,12-13H2,1-4H3/q+1. The van der Waals surface area contributed by atoms with Crippen LogP contribution < -0.4 is 4.72 Å². The van der Waals surface area contributed by atoms with Crippen molar-refractivity contribution in [1.82, 2.24) is 24.6 Å². The summed E-state index contributed by atoms with van der Waals surface area (Å²) in [5.41, 5.74) is 2.24. The van der Waals surface area contributed by atoms with Crippen molar-refractivity contribution in [1.29, 1.82) is 0 Å². The van der Waals surface area contributed by atoms with Crippen LogP contribution in [0.4, 0.5) is 4.79 Å². The largest absolute Gasteiger partial charge is 0.502 e. The third-order valence-electron chi connectivity index (χ3n) is 6.44. The molecule has 2 aromatic rings. The second-order valence-electron chi connectivity index (χ2n) is 9.59. The van der Waals surface area contributed by atoms with Gasteiger partial charge in [-0.05, 0) is 51.8 Å². The van der Waals surface area contributed by atoms with Crippen LogP contribution in [0.15, 0.2) is 40.5 Å². The van der Waals surface area contributed by atoms with Gasteiger partial charge in [0.05, 0.1) is 17.1 Å². The highest BCUT2D eigenvalue weighted by Crippen LogP contribution is 2.36. The molecule has 3 heterocycles. The molecule has 0 radical (unpaired) electrons. The molecule has 12 heteroatoms. The second kappa shape index (κ2) is 8.09. The van der Waals surface area contributed by atoms with E-state index in [-0.39, 0.29) is 18.7 Å². The second-order valence-corrected chi connectivity index (χ2v) is 11.4. The molecule has 3 aliphatic rings. The van der Waals surface area contributed by atoms with Gasteiger partial charge in [-0.3, -0.25) is 4.68 Å². The number of imide groups is 1. The lowest BCUT2D eigenvalue weighted by atomic mass is 9.99. The number of amides is 3. The Kier molecular flexibility index (Phi) is 5.40. The number of aromatic nitrogens is 3. The molecule has 1 fully saturated rings. The summed E-state index contributed by atoms with van der Waals surface area (Å²) < 4.78 is 37.2. The topological polar surface area (TPSA) is 130 Å². The van der Waals surface area contributed by atoms with Gasteiger partial charge < -0.3 is 4.52 Å². The average Bonchev–Trinajstić information content (AvgIpc) is 3.20. The number of fused-ring (bicyclic) bond motifs is 1. The fourth-order valence-electron chi connectivity index (χ4n) is 4.29. The van der Waals surface area contributed by atoms with Crippen molar-refractivity contribution in [3.63, 3.8) is 0 Å². The SMILES string of the molecule is Cc1cc(CN2C(=O)C3=CC(S(=O)(=O)NC4(C)CC4)C=CC3=[N+](Cc3cc(C)nn3C)C2=O)on1. The van der Waals surface area contributed by atoms with Crippen molar-refractivity contribution in [3.05, 3.63) is 58.8 Å². The smallest absolute Gasteiger partial charge is 0.357 e. The molecule has 184 valence electrons. The maximum absolute atomic E-state index is 13.5. The summed E-state index contributed by atoms with van der Waals surface area (Å²) in [6.07, 6.45) is 6.00. The van der Waals surface area contributed by atoms with Gasteiger partial charge in [-0.2, -0.15) is 14.5 Å². The predicted octanol–water partition coefficient (Wildman–Crippen LogP) is 1.48. The first-order valence-electron chi connectivity index (χ1n) is 11.3. The van der Waals surface area contributed by atoms with Gasteiger partial charge in [0.15, 0.2) is 12.3 Å². The molecule has 2 aromatic heterocycles. The number of sulfonamides is 1. The molecule has 0 bridgehead atoms. The van der Waals surface area contributed by atoms with Crippen LogP contribution in [0.5, 0.6) is 0 Å². The molecule has 2 aliphatic carbocycles. The summed E-state index contributed by atoms with van der Waals surface area (Å²) in [4.78, 5) is 28.1. The molecule has 1 saturated carbocycles. The van der Waals surface area contributed by atoms with Gasteiger partial charge in [-0.15, -0.1) is 4.90 Å². The Morgan fingerprint density at radius 1 is 1.23 bits per heavy atom. The minimum Gasteiger partial charge on any atom is -0.357 e. The van der Waals surface area contributed by atoms with E-state index in [9.17, 15) is 18.0 Å². The van der Waals surface area contributed by atoms with Crippen LogP contribution in [0.25, 0.3) is 0 Å². The van der Waals surface area contributed by atoms with E-state index in [4.69, 9.17) is 4.52 Å². The normalized spacial score (nSPS) is 21.4. The number of nitrogens with zero attached hydrogens (tertiary/aromatic N) is 5. The fraction of sp³-hybridized carbons (Fsp3) is 0.435. The first-order chi connectivity index (χ1) is 16.5. The Bertz CT molecular complexity index is 1440. The average molecular weight is 500 g/mol. The van der Waals surface area contributed by atoms with E-state index in [1.165, 1.54) is 16.7 Å². The number of urea groups is 1. The molecular formula is C23H27N6O5S+. The summed E-state index contributed by atoms with van der Waals surface area (Å²) in [5, 5.41) is 7.13. The van der Waals surface area contributed by atoms with E-state index in [1.54, 1.807) is 30.8 Å². The van der Waals surface area contributed by atoms with Crippen LogP contribution >= 0.6 is 0 Å². The minimum atomic E-state index is -3.76. The third-order valence-corrected chi connectivity index (χ3v) is 8.22. The Morgan fingerprint density at radius 3 is 2.57 bits per heavy atom. The Labute approximate surface area is 202 Å². The lowest BCUT2D eigenvalue weighted by molar-refractivity contribution is -0.454. The van der Waals surface area contributed by atoms with Gasteiger partial charge in [0.1, 0.15) is 23.1 Å². The highest BCUT2D eigenvalue weighted by molar-refractivity contribution is 7.90. The molecule has 0 aromatic carbocycles. The summed E-state index contributed by atoms with van der Waals surface area (Å²) in [7, 11) is -1.98. The number of rotatable bonds is 7. The fourth-order valence-corrected chi connectivity index (χ4v) is 5.91. The zero-order valence-corrected chi connectivity index (χ0v) is 20.8. The van der Waals surface area contributed by atoms with Gasteiger partial charge >= 0.3 is 11.9 Å². The zero-order chi connectivity index (χ0) is 25.1. The van der Waals surface area contributed by atoms with E-state index in [2.05, 4.69) is 15.0 Å². The molecule has 3 amide bonds. The van der Waals surface area contributed by atoms with Crippen molar-refractivity contribution >= 4 is 27.7 Å². The van der Waals surface area contributed by atoms with Gasteiger partial charge in [0, 0.05) is 18.7 Å². The van der Waals surface area contributed by atoms with Gasteiger partial charge in [0.2, 0.25) is 10.0 Å². The monoisotopic (exact) mass is 499 g/mol. The molecule has 1 unspecified atom stereocenters. The maximum Gasteiger partial charge on any atom is 0.502 e. The number of carbonyl (C=O) groups is 2. The van der Waals surface area contributed by atoms with Crippen molar-refractivity contribution in [2.24, 2.45) is 7.05 Å². The van der Waals surface area contributed by atoms with Crippen LogP contribution in [0, 0.1) is 13.8 Å². The van der Waals surface area contributed by atoms with Crippen molar-refractivity contribution in [2.75, 3.05) is 0 Å². The molecule has 35 heavy (non-hydrogen) atoms. The Morgan fingerprint density at radius 2 is 1.97 bits per heavy atom. The number of hydrogen-bond donors (Lipinski definition) is 1. The van der Waals surface area contributed by atoms with Crippen molar-refractivity contribution in [2.45, 2.75) is 57.5 Å². The van der Waals surface area contributed by atoms with Crippen LogP contribution in [-0.4, -0.2) is 61.3 Å². The quantitative estimate of drug-likeness (QED) is 0.571. The predicted molar refractivity (Wildman–Crippen MR) is 125 cm³/mol. The molecule has 11 nitrogen and oxygen atoms in total. The molecule has 0 spiro atoms. The Balaban J connectivity index is 1.56. The lowest BCUT2D eigenvalue weighted by Gasteiger charge is -2.26. The van der Waals surface area contributed by atoms with Gasteiger partial charge in [-0.25, -0.2) is 17.9 Å². The van der Waals surface area contributed by atoms with Crippen LogP contribution in [0.2, 0.25) is 0 Å². The highest BCUT2D eigenvalue weighted by atomic mass is 32.2. The summed E-state index contributed by atoms with van der Waals surface area (Å²) in [5.74, 6) is -0.234. The summed E-state index contributed by atoms with van der Waals surface area (Å²) in [6.45, 7) is 5.48. The molecule has 1 N–H and O–H groups in total. The first kappa shape index (κ1) is 23.4. The number of allylic oxidation sites excluding steroid dienone is 1. The molecular weight excluding hydrogens is 472 g/mol. The van der Waals surface area contributed by atoms with E-state index >= 15 is 0 Å². The number of carbonyl (C=O) groups excluding carboxylic acids is 2.